The van der Waals surface area contributed by atoms with E-state index in [1.54, 1.807) is 49.6 Å². The standard InChI is InChI=1S/C18H15NO4S2/c1-22-13-5-3-4-12(10-13)19-17(21)16(25-18(19)24)9-11-6-7-14(20)15(8-11)23-2/h3-10,20H,1-2H3/b16-9+. The van der Waals surface area contributed by atoms with Crippen molar-refractivity contribution in [1.29, 1.82) is 0 Å². The molecule has 3 rings (SSSR count). The summed E-state index contributed by atoms with van der Waals surface area (Å²) in [5.41, 5.74) is 1.40. The molecule has 1 N–H and O–H groups in total. The first-order valence-corrected chi connectivity index (χ1v) is 8.55. The van der Waals surface area contributed by atoms with Gasteiger partial charge in [-0.05, 0) is 35.9 Å². The molecule has 2 aromatic carbocycles. The Hall–Kier alpha value is -2.51. The van der Waals surface area contributed by atoms with Gasteiger partial charge in [0.25, 0.3) is 5.91 Å². The van der Waals surface area contributed by atoms with Crippen LogP contribution in [0.2, 0.25) is 0 Å². The number of thiocarbonyl (C=S) groups is 1. The summed E-state index contributed by atoms with van der Waals surface area (Å²) in [6.45, 7) is 0. The van der Waals surface area contributed by atoms with Crippen LogP contribution in [-0.2, 0) is 4.79 Å². The molecule has 1 saturated heterocycles. The van der Waals surface area contributed by atoms with E-state index in [9.17, 15) is 9.90 Å². The lowest BCUT2D eigenvalue weighted by molar-refractivity contribution is -0.113. The minimum atomic E-state index is -0.199. The van der Waals surface area contributed by atoms with Gasteiger partial charge in [0.15, 0.2) is 15.8 Å². The average Bonchev–Trinajstić information content (AvgIpc) is 2.90. The fraction of sp³-hybridized carbons (Fsp3) is 0.111. The predicted octanol–water partition coefficient (Wildman–Crippen LogP) is 3.82. The number of phenolic OH excluding ortho intramolecular Hbond substituents is 1. The monoisotopic (exact) mass is 373 g/mol. The van der Waals surface area contributed by atoms with Gasteiger partial charge in [-0.2, -0.15) is 0 Å². The second kappa shape index (κ2) is 7.16. The number of aromatic hydroxyl groups is 1. The molecule has 25 heavy (non-hydrogen) atoms. The first-order valence-electron chi connectivity index (χ1n) is 7.32. The second-order valence-corrected chi connectivity index (χ2v) is 6.83. The van der Waals surface area contributed by atoms with E-state index in [2.05, 4.69) is 0 Å². The number of hydrogen-bond acceptors (Lipinski definition) is 6. The molecule has 0 bridgehead atoms. The minimum absolute atomic E-state index is 0.0450. The van der Waals surface area contributed by atoms with Crippen LogP contribution in [0.3, 0.4) is 0 Å². The van der Waals surface area contributed by atoms with Crippen LogP contribution in [-0.4, -0.2) is 29.6 Å². The number of carbonyl (C=O) groups is 1. The third-order valence-electron chi connectivity index (χ3n) is 3.61. The summed E-state index contributed by atoms with van der Waals surface area (Å²) >= 11 is 6.59. The molecule has 0 aromatic heterocycles. The topological polar surface area (TPSA) is 59.0 Å². The van der Waals surface area contributed by atoms with Gasteiger partial charge in [-0.15, -0.1) is 0 Å². The number of carbonyl (C=O) groups excluding carboxylic acids is 1. The molecule has 128 valence electrons. The molecule has 0 radical (unpaired) electrons. The molecular weight excluding hydrogens is 358 g/mol. The number of thioether (sulfide) groups is 1. The summed E-state index contributed by atoms with van der Waals surface area (Å²) in [5.74, 6) is 0.842. The van der Waals surface area contributed by atoms with Crippen molar-refractivity contribution >= 4 is 46.0 Å². The summed E-state index contributed by atoms with van der Waals surface area (Å²) in [7, 11) is 3.04. The number of hydrogen-bond donors (Lipinski definition) is 1. The highest BCUT2D eigenvalue weighted by atomic mass is 32.2. The Morgan fingerprint density at radius 2 is 1.96 bits per heavy atom. The van der Waals surface area contributed by atoms with Gasteiger partial charge in [-0.25, -0.2) is 0 Å². The predicted molar refractivity (Wildman–Crippen MR) is 103 cm³/mol. The molecule has 1 heterocycles. The maximum Gasteiger partial charge on any atom is 0.270 e. The lowest BCUT2D eigenvalue weighted by atomic mass is 10.2. The zero-order valence-electron chi connectivity index (χ0n) is 13.6. The van der Waals surface area contributed by atoms with Gasteiger partial charge in [0.1, 0.15) is 5.75 Å². The number of rotatable bonds is 4. The highest BCUT2D eigenvalue weighted by Gasteiger charge is 2.33. The zero-order chi connectivity index (χ0) is 18.0. The highest BCUT2D eigenvalue weighted by molar-refractivity contribution is 8.27. The van der Waals surface area contributed by atoms with Crippen LogP contribution in [0, 0.1) is 0 Å². The van der Waals surface area contributed by atoms with E-state index in [0.717, 1.165) is 5.56 Å². The van der Waals surface area contributed by atoms with Crippen LogP contribution in [0.5, 0.6) is 17.2 Å². The van der Waals surface area contributed by atoms with E-state index >= 15 is 0 Å². The number of methoxy groups -OCH3 is 2. The second-order valence-electron chi connectivity index (χ2n) is 5.15. The maximum atomic E-state index is 12.8. The molecule has 0 atom stereocenters. The quantitative estimate of drug-likeness (QED) is 0.650. The van der Waals surface area contributed by atoms with Crippen LogP contribution in [0.1, 0.15) is 5.56 Å². The smallest absolute Gasteiger partial charge is 0.270 e. The fourth-order valence-corrected chi connectivity index (χ4v) is 3.67. The van der Waals surface area contributed by atoms with Crippen molar-refractivity contribution in [2.24, 2.45) is 0 Å². The van der Waals surface area contributed by atoms with Crippen molar-refractivity contribution in [2.45, 2.75) is 0 Å². The van der Waals surface area contributed by atoms with Gasteiger partial charge in [-0.3, -0.25) is 9.69 Å². The van der Waals surface area contributed by atoms with E-state index in [1.807, 2.05) is 0 Å². The SMILES string of the molecule is COc1cccc(N2C(=O)/C(=C\c3ccc(O)c(OC)c3)SC2=S)c1. The Kier molecular flexibility index (Phi) is 4.96. The Morgan fingerprint density at radius 3 is 2.68 bits per heavy atom. The van der Waals surface area contributed by atoms with Crippen molar-refractivity contribution in [3.8, 4) is 17.2 Å². The summed E-state index contributed by atoms with van der Waals surface area (Å²) in [6, 6.07) is 12.1. The summed E-state index contributed by atoms with van der Waals surface area (Å²) < 4.78 is 10.8. The molecule has 0 saturated carbocycles. The average molecular weight is 373 g/mol. The van der Waals surface area contributed by atoms with E-state index in [-0.39, 0.29) is 11.7 Å². The van der Waals surface area contributed by atoms with Gasteiger partial charge in [-0.1, -0.05) is 36.1 Å². The zero-order valence-corrected chi connectivity index (χ0v) is 15.2. The van der Waals surface area contributed by atoms with Gasteiger partial charge in [0.05, 0.1) is 24.8 Å². The molecule has 7 heteroatoms. The molecule has 0 spiro atoms. The lowest BCUT2D eigenvalue weighted by Gasteiger charge is -2.15. The number of nitrogens with zero attached hydrogens (tertiary/aromatic N) is 1. The van der Waals surface area contributed by atoms with Crippen molar-refractivity contribution in [3.63, 3.8) is 0 Å². The van der Waals surface area contributed by atoms with E-state index < -0.39 is 0 Å². The van der Waals surface area contributed by atoms with Crippen molar-refractivity contribution < 1.29 is 19.4 Å². The summed E-state index contributed by atoms with van der Waals surface area (Å²) in [5, 5.41) is 9.67. The third-order valence-corrected chi connectivity index (χ3v) is 4.91. The number of phenols is 1. The summed E-state index contributed by atoms with van der Waals surface area (Å²) in [4.78, 5) is 14.7. The van der Waals surface area contributed by atoms with E-state index in [1.165, 1.54) is 29.8 Å². The van der Waals surface area contributed by atoms with Gasteiger partial charge in [0.2, 0.25) is 0 Å². The van der Waals surface area contributed by atoms with Crippen LogP contribution in [0.15, 0.2) is 47.4 Å². The van der Waals surface area contributed by atoms with Crippen LogP contribution in [0.4, 0.5) is 5.69 Å². The van der Waals surface area contributed by atoms with Gasteiger partial charge < -0.3 is 14.6 Å². The molecule has 1 aliphatic heterocycles. The van der Waals surface area contributed by atoms with E-state index in [4.69, 9.17) is 21.7 Å². The van der Waals surface area contributed by atoms with Gasteiger partial charge >= 0.3 is 0 Å². The first kappa shape index (κ1) is 17.3. The van der Waals surface area contributed by atoms with Crippen LogP contribution in [0.25, 0.3) is 6.08 Å². The third kappa shape index (κ3) is 3.47. The molecule has 5 nitrogen and oxygen atoms in total. The Labute approximate surface area is 154 Å². The molecular formula is C18H15NO4S2. The molecule has 1 fully saturated rings. The first-order chi connectivity index (χ1) is 12.0. The normalized spacial score (nSPS) is 15.8. The maximum absolute atomic E-state index is 12.8. The molecule has 1 aliphatic rings. The molecule has 1 amide bonds. The van der Waals surface area contributed by atoms with Crippen LogP contribution >= 0.6 is 24.0 Å². The Bertz CT molecular complexity index is 879. The minimum Gasteiger partial charge on any atom is -0.504 e. The molecule has 2 aromatic rings. The number of anilines is 1. The fourth-order valence-electron chi connectivity index (χ4n) is 2.38. The van der Waals surface area contributed by atoms with Crippen LogP contribution < -0.4 is 14.4 Å². The largest absolute Gasteiger partial charge is 0.504 e. The van der Waals surface area contributed by atoms with Gasteiger partial charge in [0, 0.05) is 6.07 Å². The number of benzene rings is 2. The molecule has 0 aliphatic carbocycles. The molecule has 0 unspecified atom stereocenters. The lowest BCUT2D eigenvalue weighted by Crippen LogP contribution is -2.27. The number of amides is 1. The van der Waals surface area contributed by atoms with Crippen molar-refractivity contribution in [2.75, 3.05) is 19.1 Å². The Balaban J connectivity index is 1.93. The van der Waals surface area contributed by atoms with Crippen molar-refractivity contribution in [1.82, 2.24) is 0 Å². The van der Waals surface area contributed by atoms with E-state index in [0.29, 0.717) is 26.4 Å². The highest BCUT2D eigenvalue weighted by Crippen LogP contribution is 2.37. The summed E-state index contributed by atoms with van der Waals surface area (Å²) in [6.07, 6.45) is 1.72. The number of ether oxygens (including phenoxy) is 2. The van der Waals surface area contributed by atoms with Crippen molar-refractivity contribution in [3.05, 3.63) is 52.9 Å². The Morgan fingerprint density at radius 1 is 1.16 bits per heavy atom.